The van der Waals surface area contributed by atoms with Gasteiger partial charge in [-0.05, 0) is 37.3 Å². The van der Waals surface area contributed by atoms with Gasteiger partial charge in [0.15, 0.2) is 0 Å². The van der Waals surface area contributed by atoms with E-state index in [1.165, 1.54) is 5.69 Å². The van der Waals surface area contributed by atoms with E-state index in [0.717, 1.165) is 30.6 Å². The highest BCUT2D eigenvalue weighted by molar-refractivity contribution is 5.94. The van der Waals surface area contributed by atoms with Gasteiger partial charge in [-0.25, -0.2) is 4.68 Å². The van der Waals surface area contributed by atoms with Crippen LogP contribution in [0.25, 0.3) is 5.69 Å². The fourth-order valence-electron chi connectivity index (χ4n) is 3.86. The van der Waals surface area contributed by atoms with Gasteiger partial charge >= 0.3 is 0 Å². The largest absolute Gasteiger partial charge is 0.345 e. The third-order valence-electron chi connectivity index (χ3n) is 5.20. The predicted octanol–water partition coefficient (Wildman–Crippen LogP) is 3.53. The van der Waals surface area contributed by atoms with Crippen LogP contribution in [0.4, 0.5) is 0 Å². The molecule has 0 fully saturated rings. The summed E-state index contributed by atoms with van der Waals surface area (Å²) in [4.78, 5) is 12.7. The summed E-state index contributed by atoms with van der Waals surface area (Å²) in [5.74, 6) is -0.0872. The first kappa shape index (κ1) is 17.5. The van der Waals surface area contributed by atoms with Crippen LogP contribution in [0.1, 0.15) is 54.8 Å². The van der Waals surface area contributed by atoms with E-state index in [9.17, 15) is 4.79 Å². The molecule has 0 aliphatic heterocycles. The summed E-state index contributed by atoms with van der Waals surface area (Å²) in [6, 6.07) is 10.1. The Labute approximate surface area is 159 Å². The molecule has 4 rings (SSSR count). The summed E-state index contributed by atoms with van der Waals surface area (Å²) in [6.45, 7) is 7.24. The summed E-state index contributed by atoms with van der Waals surface area (Å²) >= 11 is 0. The third-order valence-corrected chi connectivity index (χ3v) is 5.20. The second kappa shape index (κ2) is 6.68. The zero-order valence-electron chi connectivity index (χ0n) is 16.0. The molecule has 1 aliphatic carbocycles. The van der Waals surface area contributed by atoms with Crippen LogP contribution in [-0.2, 0) is 13.0 Å². The number of para-hydroxylation sites is 1. The average Bonchev–Trinajstić information content (AvgIpc) is 3.28. The number of aryl methyl sites for hydroxylation is 1. The molecular formula is C21H25N5O. The van der Waals surface area contributed by atoms with Gasteiger partial charge in [0.05, 0.1) is 35.4 Å². The van der Waals surface area contributed by atoms with Crippen molar-refractivity contribution in [3.63, 3.8) is 0 Å². The molecule has 0 saturated carbocycles. The molecule has 0 bridgehead atoms. The van der Waals surface area contributed by atoms with Gasteiger partial charge in [-0.2, -0.15) is 10.2 Å². The number of fused-ring (bicyclic) bond motifs is 1. The number of amides is 1. The Bertz CT molecular complexity index is 954. The highest BCUT2D eigenvalue weighted by atomic mass is 16.1. The number of nitrogens with one attached hydrogen (secondary N) is 1. The fraction of sp³-hybridized carbons (Fsp3) is 0.381. The van der Waals surface area contributed by atoms with Crippen LogP contribution in [0, 0.1) is 5.41 Å². The van der Waals surface area contributed by atoms with E-state index < -0.39 is 0 Å². The fourth-order valence-corrected chi connectivity index (χ4v) is 3.86. The van der Waals surface area contributed by atoms with Crippen molar-refractivity contribution >= 4 is 5.91 Å². The highest BCUT2D eigenvalue weighted by Crippen LogP contribution is 2.41. The van der Waals surface area contributed by atoms with E-state index in [1.807, 2.05) is 36.0 Å². The molecular weight excluding hydrogens is 338 g/mol. The second-order valence-electron chi connectivity index (χ2n) is 7.95. The topological polar surface area (TPSA) is 64.7 Å². The van der Waals surface area contributed by atoms with Gasteiger partial charge in [0, 0.05) is 18.3 Å². The molecule has 0 saturated heterocycles. The molecule has 1 N–H and O–H groups in total. The number of aromatic nitrogens is 4. The minimum Gasteiger partial charge on any atom is -0.345 e. The number of nitrogens with zero attached hydrogens (tertiary/aromatic N) is 4. The van der Waals surface area contributed by atoms with Gasteiger partial charge in [0.25, 0.3) is 5.91 Å². The molecule has 3 aromatic rings. The molecule has 27 heavy (non-hydrogen) atoms. The lowest BCUT2D eigenvalue weighted by atomic mass is 9.74. The van der Waals surface area contributed by atoms with Crippen molar-refractivity contribution in [1.29, 1.82) is 0 Å². The molecule has 1 unspecified atom stereocenters. The molecule has 140 valence electrons. The molecule has 6 nitrogen and oxygen atoms in total. The maximum Gasteiger partial charge on any atom is 0.254 e. The standard InChI is InChI=1S/C21H25N5O/c1-4-25-14-15(12-22-25)20(27)24-18-10-21(2,3)11-19-17(18)13-23-26(19)16-8-6-5-7-9-16/h5-9,12-14,18H,4,10-11H2,1-3H3,(H,24,27). The minimum atomic E-state index is -0.0872. The van der Waals surface area contributed by atoms with Crippen LogP contribution >= 0.6 is 0 Å². The van der Waals surface area contributed by atoms with Gasteiger partial charge in [-0.1, -0.05) is 32.0 Å². The van der Waals surface area contributed by atoms with E-state index in [2.05, 4.69) is 41.5 Å². The minimum absolute atomic E-state index is 0.0568. The summed E-state index contributed by atoms with van der Waals surface area (Å²) in [6.07, 6.45) is 7.13. The van der Waals surface area contributed by atoms with Gasteiger partial charge in [-0.15, -0.1) is 0 Å². The Kier molecular flexibility index (Phi) is 4.34. The first-order chi connectivity index (χ1) is 13.0. The first-order valence-corrected chi connectivity index (χ1v) is 9.42. The Morgan fingerprint density at radius 1 is 1.22 bits per heavy atom. The molecule has 2 aromatic heterocycles. The Morgan fingerprint density at radius 2 is 2.00 bits per heavy atom. The number of hydrogen-bond donors (Lipinski definition) is 1. The van der Waals surface area contributed by atoms with Crippen molar-refractivity contribution in [2.75, 3.05) is 0 Å². The van der Waals surface area contributed by atoms with Crippen molar-refractivity contribution < 1.29 is 4.79 Å². The molecule has 1 aromatic carbocycles. The van der Waals surface area contributed by atoms with Crippen molar-refractivity contribution in [2.45, 2.75) is 46.2 Å². The van der Waals surface area contributed by atoms with Crippen LogP contribution in [0.2, 0.25) is 0 Å². The van der Waals surface area contributed by atoms with Crippen LogP contribution in [-0.4, -0.2) is 25.5 Å². The Hall–Kier alpha value is -2.89. The summed E-state index contributed by atoms with van der Waals surface area (Å²) in [7, 11) is 0. The smallest absolute Gasteiger partial charge is 0.254 e. The third kappa shape index (κ3) is 3.39. The number of carbonyl (C=O) groups excluding carboxylic acids is 1. The monoisotopic (exact) mass is 363 g/mol. The van der Waals surface area contributed by atoms with E-state index in [4.69, 9.17) is 0 Å². The summed E-state index contributed by atoms with van der Waals surface area (Å²) in [5, 5.41) is 12.0. The zero-order valence-corrected chi connectivity index (χ0v) is 16.0. The molecule has 6 heteroatoms. The highest BCUT2D eigenvalue weighted by Gasteiger charge is 2.36. The molecule has 1 aliphatic rings. The van der Waals surface area contributed by atoms with E-state index in [-0.39, 0.29) is 17.4 Å². The van der Waals surface area contributed by atoms with Crippen molar-refractivity contribution in [1.82, 2.24) is 24.9 Å². The molecule has 1 amide bonds. The summed E-state index contributed by atoms with van der Waals surface area (Å²) in [5.41, 5.74) is 4.00. The van der Waals surface area contributed by atoms with Gasteiger partial charge in [-0.3, -0.25) is 9.48 Å². The number of carbonyl (C=O) groups is 1. The lowest BCUT2D eigenvalue weighted by Gasteiger charge is -2.35. The van der Waals surface area contributed by atoms with Crippen LogP contribution in [0.3, 0.4) is 0 Å². The van der Waals surface area contributed by atoms with Crippen molar-refractivity contribution in [2.24, 2.45) is 5.41 Å². The molecule has 2 heterocycles. The molecule has 0 spiro atoms. The zero-order chi connectivity index (χ0) is 19.0. The van der Waals surface area contributed by atoms with Gasteiger partial charge < -0.3 is 5.32 Å². The molecule has 0 radical (unpaired) electrons. The number of hydrogen-bond acceptors (Lipinski definition) is 3. The van der Waals surface area contributed by atoms with Crippen LogP contribution in [0.15, 0.2) is 48.9 Å². The van der Waals surface area contributed by atoms with Gasteiger partial charge in [0.1, 0.15) is 0 Å². The summed E-state index contributed by atoms with van der Waals surface area (Å²) < 4.78 is 3.77. The molecule has 1 atom stereocenters. The first-order valence-electron chi connectivity index (χ1n) is 9.42. The van der Waals surface area contributed by atoms with Gasteiger partial charge in [0.2, 0.25) is 0 Å². The van der Waals surface area contributed by atoms with E-state index in [0.29, 0.717) is 5.56 Å². The van der Waals surface area contributed by atoms with Crippen molar-refractivity contribution in [3.8, 4) is 5.69 Å². The van der Waals surface area contributed by atoms with Crippen LogP contribution < -0.4 is 5.32 Å². The number of rotatable bonds is 4. The number of benzene rings is 1. The van der Waals surface area contributed by atoms with Crippen LogP contribution in [0.5, 0.6) is 0 Å². The second-order valence-corrected chi connectivity index (χ2v) is 7.95. The van der Waals surface area contributed by atoms with E-state index in [1.54, 1.807) is 17.1 Å². The SMILES string of the molecule is CCn1cc(C(=O)NC2CC(C)(C)Cc3c2cnn3-c2ccccc2)cn1. The van der Waals surface area contributed by atoms with Crippen molar-refractivity contribution in [3.05, 3.63) is 65.7 Å². The van der Waals surface area contributed by atoms with E-state index >= 15 is 0 Å². The average molecular weight is 363 g/mol. The maximum atomic E-state index is 12.7. The Balaban J connectivity index is 1.65. The predicted molar refractivity (Wildman–Crippen MR) is 104 cm³/mol. The lowest BCUT2D eigenvalue weighted by Crippen LogP contribution is -2.36. The normalized spacial score (nSPS) is 18.1. The lowest BCUT2D eigenvalue weighted by molar-refractivity contribution is 0.0919. The quantitative estimate of drug-likeness (QED) is 0.771. The Morgan fingerprint density at radius 3 is 2.70 bits per heavy atom. The maximum absolute atomic E-state index is 12.7.